The fourth-order valence-electron chi connectivity index (χ4n) is 7.70. The first-order chi connectivity index (χ1) is 31.5. The third kappa shape index (κ3) is 50.1. The molecule has 0 aliphatic rings. The highest BCUT2D eigenvalue weighted by Crippen LogP contribution is 2.16. The van der Waals surface area contributed by atoms with E-state index in [-0.39, 0.29) is 31.1 Å². The Morgan fingerprint density at radius 3 is 0.953 bits per heavy atom. The second-order valence-corrected chi connectivity index (χ2v) is 18.1. The van der Waals surface area contributed by atoms with Crippen LogP contribution >= 0.6 is 0 Å². The number of rotatable bonds is 49. The van der Waals surface area contributed by atoms with Gasteiger partial charge < -0.3 is 14.2 Å². The SMILES string of the molecule is CC/C=C\C/C=C\C/C=C\C/C=C\C/C=C\CCCCCC(=O)OCC(COC(=O)CCCCCCCCCCCC)OC(=O)CCCCCCCCCCCCCCCCCCC. The van der Waals surface area contributed by atoms with Crippen molar-refractivity contribution in [2.24, 2.45) is 0 Å². The lowest BCUT2D eigenvalue weighted by molar-refractivity contribution is -0.167. The van der Waals surface area contributed by atoms with Gasteiger partial charge in [0.05, 0.1) is 0 Å². The van der Waals surface area contributed by atoms with E-state index in [1.165, 1.54) is 135 Å². The van der Waals surface area contributed by atoms with E-state index < -0.39 is 6.10 Å². The number of carbonyl (C=O) groups excluding carboxylic acids is 3. The third-order valence-electron chi connectivity index (χ3n) is 11.8. The molecule has 6 nitrogen and oxygen atoms in total. The number of hydrogen-bond donors (Lipinski definition) is 0. The Bertz CT molecular complexity index is 1170. The molecule has 0 saturated heterocycles. The summed E-state index contributed by atoms with van der Waals surface area (Å²) in [6.45, 7) is 6.51. The summed E-state index contributed by atoms with van der Waals surface area (Å²) in [4.78, 5) is 38.0. The van der Waals surface area contributed by atoms with Crippen molar-refractivity contribution >= 4 is 17.9 Å². The van der Waals surface area contributed by atoms with Crippen LogP contribution in [0.4, 0.5) is 0 Å². The molecule has 0 aromatic carbocycles. The first-order valence-corrected chi connectivity index (χ1v) is 27.3. The van der Waals surface area contributed by atoms with Crippen LogP contribution < -0.4 is 0 Å². The van der Waals surface area contributed by atoms with E-state index in [0.29, 0.717) is 19.3 Å². The van der Waals surface area contributed by atoms with E-state index in [2.05, 4.69) is 81.5 Å². The van der Waals surface area contributed by atoms with Gasteiger partial charge in [-0.25, -0.2) is 0 Å². The molecule has 64 heavy (non-hydrogen) atoms. The topological polar surface area (TPSA) is 78.9 Å². The molecule has 0 N–H and O–H groups in total. The first kappa shape index (κ1) is 61.1. The number of allylic oxidation sites excluding steroid dienone is 10. The molecule has 0 spiro atoms. The highest BCUT2D eigenvalue weighted by atomic mass is 16.6. The van der Waals surface area contributed by atoms with Gasteiger partial charge in [-0.3, -0.25) is 14.4 Å². The molecule has 0 aliphatic carbocycles. The minimum atomic E-state index is -0.783. The summed E-state index contributed by atoms with van der Waals surface area (Å²) in [6, 6.07) is 0. The molecular formula is C58H102O6. The Hall–Kier alpha value is -2.89. The molecule has 1 unspecified atom stereocenters. The predicted molar refractivity (Wildman–Crippen MR) is 275 cm³/mol. The highest BCUT2D eigenvalue weighted by Gasteiger charge is 2.19. The molecule has 0 aliphatic heterocycles. The van der Waals surface area contributed by atoms with E-state index in [0.717, 1.165) is 96.3 Å². The molecule has 370 valence electrons. The summed E-state index contributed by atoms with van der Waals surface area (Å²) < 4.78 is 16.8. The molecule has 1 atom stereocenters. The van der Waals surface area contributed by atoms with Gasteiger partial charge in [-0.2, -0.15) is 0 Å². The third-order valence-corrected chi connectivity index (χ3v) is 11.8. The molecule has 0 bridgehead atoms. The molecule has 0 fully saturated rings. The molecule has 0 heterocycles. The lowest BCUT2D eigenvalue weighted by Gasteiger charge is -2.18. The number of unbranched alkanes of at least 4 members (excludes halogenated alkanes) is 28. The van der Waals surface area contributed by atoms with Gasteiger partial charge >= 0.3 is 17.9 Å². The van der Waals surface area contributed by atoms with Crippen molar-refractivity contribution in [1.82, 2.24) is 0 Å². The minimum absolute atomic E-state index is 0.0814. The van der Waals surface area contributed by atoms with Gasteiger partial charge in [0.1, 0.15) is 13.2 Å². The van der Waals surface area contributed by atoms with Crippen molar-refractivity contribution in [2.75, 3.05) is 13.2 Å². The van der Waals surface area contributed by atoms with Gasteiger partial charge in [-0.1, -0.05) is 248 Å². The smallest absolute Gasteiger partial charge is 0.306 e. The number of esters is 3. The van der Waals surface area contributed by atoms with Gasteiger partial charge in [0.2, 0.25) is 0 Å². The van der Waals surface area contributed by atoms with Crippen molar-refractivity contribution in [2.45, 2.75) is 277 Å². The van der Waals surface area contributed by atoms with Gasteiger partial charge in [-0.15, -0.1) is 0 Å². The van der Waals surface area contributed by atoms with Crippen LogP contribution in [0.5, 0.6) is 0 Å². The zero-order valence-corrected chi connectivity index (χ0v) is 42.3. The molecule has 0 aromatic rings. The van der Waals surface area contributed by atoms with Crippen LogP contribution in [0.25, 0.3) is 0 Å². The maximum Gasteiger partial charge on any atom is 0.306 e. The predicted octanol–water partition coefficient (Wildman–Crippen LogP) is 18.0. The Kier molecular flexibility index (Phi) is 50.4. The van der Waals surface area contributed by atoms with Crippen molar-refractivity contribution in [3.8, 4) is 0 Å². The van der Waals surface area contributed by atoms with Crippen molar-refractivity contribution in [1.29, 1.82) is 0 Å². The number of hydrogen-bond acceptors (Lipinski definition) is 6. The van der Waals surface area contributed by atoms with Crippen LogP contribution in [0.1, 0.15) is 271 Å². The summed E-state index contributed by atoms with van der Waals surface area (Å²) in [7, 11) is 0. The second-order valence-electron chi connectivity index (χ2n) is 18.1. The minimum Gasteiger partial charge on any atom is -0.462 e. The van der Waals surface area contributed by atoms with Crippen LogP contribution in [-0.2, 0) is 28.6 Å². The fourth-order valence-corrected chi connectivity index (χ4v) is 7.70. The van der Waals surface area contributed by atoms with Crippen LogP contribution in [0.3, 0.4) is 0 Å². The van der Waals surface area contributed by atoms with Crippen molar-refractivity contribution in [3.05, 3.63) is 60.8 Å². The van der Waals surface area contributed by atoms with E-state index in [9.17, 15) is 14.4 Å². The van der Waals surface area contributed by atoms with Crippen LogP contribution in [0.2, 0.25) is 0 Å². The zero-order valence-electron chi connectivity index (χ0n) is 42.3. The van der Waals surface area contributed by atoms with Crippen LogP contribution in [-0.4, -0.2) is 37.2 Å². The largest absolute Gasteiger partial charge is 0.462 e. The molecule has 0 aromatic heterocycles. The van der Waals surface area contributed by atoms with E-state index in [4.69, 9.17) is 14.2 Å². The van der Waals surface area contributed by atoms with E-state index in [1.807, 2.05) is 0 Å². The molecule has 0 amide bonds. The highest BCUT2D eigenvalue weighted by molar-refractivity contribution is 5.71. The number of carbonyl (C=O) groups is 3. The summed E-state index contributed by atoms with van der Waals surface area (Å²) in [5, 5.41) is 0. The lowest BCUT2D eigenvalue weighted by atomic mass is 10.0. The Labute approximate surface area is 396 Å². The summed E-state index contributed by atoms with van der Waals surface area (Å²) in [5.74, 6) is -0.906. The molecule has 0 rings (SSSR count). The van der Waals surface area contributed by atoms with Gasteiger partial charge in [0.15, 0.2) is 6.10 Å². The van der Waals surface area contributed by atoms with Crippen molar-refractivity contribution < 1.29 is 28.6 Å². The maximum absolute atomic E-state index is 12.8. The maximum atomic E-state index is 12.8. The second kappa shape index (κ2) is 52.7. The van der Waals surface area contributed by atoms with Crippen LogP contribution in [0.15, 0.2) is 60.8 Å². The molecular weight excluding hydrogens is 793 g/mol. The van der Waals surface area contributed by atoms with Crippen LogP contribution in [0, 0.1) is 0 Å². The van der Waals surface area contributed by atoms with E-state index in [1.54, 1.807) is 0 Å². The Balaban J connectivity index is 4.37. The Morgan fingerprint density at radius 2 is 0.609 bits per heavy atom. The lowest BCUT2D eigenvalue weighted by Crippen LogP contribution is -2.30. The normalized spacial score (nSPS) is 12.5. The van der Waals surface area contributed by atoms with Gasteiger partial charge in [-0.05, 0) is 64.2 Å². The number of ether oxygens (including phenoxy) is 3. The van der Waals surface area contributed by atoms with E-state index >= 15 is 0 Å². The summed E-state index contributed by atoms with van der Waals surface area (Å²) in [6.07, 6.45) is 64.9. The first-order valence-electron chi connectivity index (χ1n) is 27.3. The quantitative estimate of drug-likeness (QED) is 0.0262. The average Bonchev–Trinajstić information content (AvgIpc) is 3.29. The molecule has 0 radical (unpaired) electrons. The zero-order chi connectivity index (χ0) is 46.5. The van der Waals surface area contributed by atoms with Crippen molar-refractivity contribution in [3.63, 3.8) is 0 Å². The fraction of sp³-hybridized carbons (Fsp3) is 0.776. The standard InChI is InChI=1S/C58H102O6/c1-4-7-10-13-16-19-22-24-26-28-29-31-32-34-36-39-42-45-48-51-57(60)63-54-55(53-62-56(59)50-47-44-41-38-21-18-15-12-9-6-3)64-58(61)52-49-46-43-40-37-35-33-30-27-25-23-20-17-14-11-8-5-2/h7,10,16,19,24,26,29,31,34,36,55H,4-6,8-9,11-15,17-18,20-23,25,27-28,30,32-33,35,37-54H2,1-3H3/b10-7-,19-16-,26-24-,31-29-,36-34-. The monoisotopic (exact) mass is 895 g/mol. The van der Waals surface area contributed by atoms with Gasteiger partial charge in [0, 0.05) is 19.3 Å². The van der Waals surface area contributed by atoms with Gasteiger partial charge in [0.25, 0.3) is 0 Å². The summed E-state index contributed by atoms with van der Waals surface area (Å²) in [5.41, 5.74) is 0. The summed E-state index contributed by atoms with van der Waals surface area (Å²) >= 11 is 0. The Morgan fingerprint density at radius 1 is 0.328 bits per heavy atom. The molecule has 6 heteroatoms. The average molecular weight is 895 g/mol. The molecule has 0 saturated carbocycles.